The number of aryl methyl sites for hydroxylation is 1. The SMILES string of the molecule is Cc1nc(C[C@@H]2CCCN(C(=O)c3cccs3)C2)cc(C(N)=O)n1. The Bertz CT molecular complexity index is 745. The van der Waals surface area contributed by atoms with Crippen molar-refractivity contribution < 1.29 is 9.59 Å². The number of piperidine rings is 1. The first-order chi connectivity index (χ1) is 11.5. The van der Waals surface area contributed by atoms with Gasteiger partial charge in [-0.25, -0.2) is 9.97 Å². The lowest BCUT2D eigenvalue weighted by atomic mass is 9.93. The lowest BCUT2D eigenvalue weighted by Gasteiger charge is -2.32. The number of carbonyl (C=O) groups excluding carboxylic acids is 2. The van der Waals surface area contributed by atoms with Gasteiger partial charge in [0.05, 0.1) is 4.88 Å². The zero-order valence-electron chi connectivity index (χ0n) is 13.6. The van der Waals surface area contributed by atoms with Gasteiger partial charge >= 0.3 is 0 Å². The summed E-state index contributed by atoms with van der Waals surface area (Å²) in [5.41, 5.74) is 6.38. The molecule has 0 spiro atoms. The Kier molecular flexibility index (Phi) is 4.89. The maximum Gasteiger partial charge on any atom is 0.267 e. The number of amides is 2. The average molecular weight is 344 g/mol. The van der Waals surface area contributed by atoms with Crippen LogP contribution in [0.2, 0.25) is 0 Å². The number of rotatable bonds is 4. The van der Waals surface area contributed by atoms with E-state index in [0.717, 1.165) is 36.4 Å². The Balaban J connectivity index is 1.69. The standard InChI is InChI=1S/C17H20N4O2S/c1-11-19-13(9-14(20-11)16(18)22)8-12-4-2-6-21(10-12)17(23)15-5-3-7-24-15/h3,5,7,9,12H,2,4,6,8,10H2,1H3,(H2,18,22)/t12-/m0/s1. The van der Waals surface area contributed by atoms with E-state index in [0.29, 0.717) is 18.3 Å². The number of aromatic nitrogens is 2. The van der Waals surface area contributed by atoms with E-state index in [1.807, 2.05) is 22.4 Å². The summed E-state index contributed by atoms with van der Waals surface area (Å²) in [6, 6.07) is 5.42. The number of likely N-dealkylation sites (tertiary alicyclic amines) is 1. The van der Waals surface area contributed by atoms with Gasteiger partial charge in [-0.3, -0.25) is 9.59 Å². The van der Waals surface area contributed by atoms with Crippen LogP contribution in [0.5, 0.6) is 0 Å². The first-order valence-electron chi connectivity index (χ1n) is 8.00. The molecule has 1 aliphatic heterocycles. The highest BCUT2D eigenvalue weighted by Gasteiger charge is 2.25. The summed E-state index contributed by atoms with van der Waals surface area (Å²) in [7, 11) is 0. The molecule has 0 saturated carbocycles. The van der Waals surface area contributed by atoms with Crippen LogP contribution in [0.25, 0.3) is 0 Å². The van der Waals surface area contributed by atoms with Crippen molar-refractivity contribution in [3.8, 4) is 0 Å². The van der Waals surface area contributed by atoms with E-state index in [9.17, 15) is 9.59 Å². The van der Waals surface area contributed by atoms with E-state index in [2.05, 4.69) is 9.97 Å². The Hall–Kier alpha value is -2.28. The van der Waals surface area contributed by atoms with E-state index < -0.39 is 5.91 Å². The summed E-state index contributed by atoms with van der Waals surface area (Å²) < 4.78 is 0. The number of nitrogens with zero attached hydrogens (tertiary/aromatic N) is 3. The maximum atomic E-state index is 12.5. The maximum absolute atomic E-state index is 12.5. The molecule has 2 amide bonds. The Morgan fingerprint density at radius 3 is 2.96 bits per heavy atom. The molecule has 2 N–H and O–H groups in total. The van der Waals surface area contributed by atoms with Crippen LogP contribution in [0.3, 0.4) is 0 Å². The van der Waals surface area contributed by atoms with Gasteiger partial charge in [0, 0.05) is 18.8 Å². The summed E-state index contributed by atoms with van der Waals surface area (Å²) in [6.45, 7) is 3.26. The van der Waals surface area contributed by atoms with Crippen molar-refractivity contribution in [3.63, 3.8) is 0 Å². The largest absolute Gasteiger partial charge is 0.364 e. The number of nitrogens with two attached hydrogens (primary N) is 1. The molecule has 6 nitrogen and oxygen atoms in total. The highest BCUT2D eigenvalue weighted by atomic mass is 32.1. The van der Waals surface area contributed by atoms with Gasteiger partial charge < -0.3 is 10.6 Å². The average Bonchev–Trinajstić information content (AvgIpc) is 3.08. The van der Waals surface area contributed by atoms with Gasteiger partial charge in [0.2, 0.25) is 0 Å². The molecule has 7 heteroatoms. The molecule has 1 fully saturated rings. The minimum atomic E-state index is -0.542. The highest BCUT2D eigenvalue weighted by molar-refractivity contribution is 7.12. The second-order valence-corrected chi connectivity index (χ2v) is 7.04. The molecule has 0 bridgehead atoms. The van der Waals surface area contributed by atoms with Crippen LogP contribution in [0.15, 0.2) is 23.6 Å². The van der Waals surface area contributed by atoms with Gasteiger partial charge in [-0.15, -0.1) is 11.3 Å². The summed E-state index contributed by atoms with van der Waals surface area (Å²) in [4.78, 5) is 35.0. The van der Waals surface area contributed by atoms with Crippen molar-refractivity contribution in [2.75, 3.05) is 13.1 Å². The molecule has 3 rings (SSSR count). The number of thiophene rings is 1. The van der Waals surface area contributed by atoms with Crippen LogP contribution in [-0.2, 0) is 6.42 Å². The number of hydrogen-bond acceptors (Lipinski definition) is 5. The van der Waals surface area contributed by atoms with Gasteiger partial charge in [-0.1, -0.05) is 6.07 Å². The second-order valence-electron chi connectivity index (χ2n) is 6.10. The third kappa shape index (κ3) is 3.79. The number of hydrogen-bond donors (Lipinski definition) is 1. The van der Waals surface area contributed by atoms with Crippen molar-refractivity contribution in [1.29, 1.82) is 0 Å². The van der Waals surface area contributed by atoms with Crippen molar-refractivity contribution in [2.45, 2.75) is 26.2 Å². The van der Waals surface area contributed by atoms with Gasteiger partial charge in [-0.05, 0) is 49.6 Å². The van der Waals surface area contributed by atoms with Gasteiger partial charge in [0.25, 0.3) is 11.8 Å². The minimum Gasteiger partial charge on any atom is -0.364 e. The quantitative estimate of drug-likeness (QED) is 0.919. The minimum absolute atomic E-state index is 0.103. The van der Waals surface area contributed by atoms with Crippen LogP contribution in [-0.4, -0.2) is 39.8 Å². The molecule has 24 heavy (non-hydrogen) atoms. The van der Waals surface area contributed by atoms with Gasteiger partial charge in [-0.2, -0.15) is 0 Å². The zero-order chi connectivity index (χ0) is 17.1. The zero-order valence-corrected chi connectivity index (χ0v) is 14.4. The van der Waals surface area contributed by atoms with Crippen molar-refractivity contribution in [1.82, 2.24) is 14.9 Å². The van der Waals surface area contributed by atoms with Crippen LogP contribution in [0.1, 0.15) is 44.5 Å². The molecule has 1 aliphatic rings. The number of carbonyl (C=O) groups is 2. The predicted molar refractivity (Wildman–Crippen MR) is 91.9 cm³/mol. The van der Waals surface area contributed by atoms with Gasteiger partial charge in [0.1, 0.15) is 11.5 Å². The first-order valence-corrected chi connectivity index (χ1v) is 8.88. The van der Waals surface area contributed by atoms with Crippen molar-refractivity contribution in [2.24, 2.45) is 11.7 Å². The molecular formula is C17H20N4O2S. The molecule has 0 radical (unpaired) electrons. The van der Waals surface area contributed by atoms with E-state index >= 15 is 0 Å². The topological polar surface area (TPSA) is 89.2 Å². The van der Waals surface area contributed by atoms with Crippen LogP contribution >= 0.6 is 11.3 Å². The third-order valence-corrected chi connectivity index (χ3v) is 5.04. The Morgan fingerprint density at radius 2 is 2.25 bits per heavy atom. The van der Waals surface area contributed by atoms with E-state index in [1.54, 1.807) is 13.0 Å². The smallest absolute Gasteiger partial charge is 0.267 e. The molecule has 1 atom stereocenters. The van der Waals surface area contributed by atoms with Crippen LogP contribution in [0.4, 0.5) is 0 Å². The first kappa shape index (κ1) is 16.6. The molecule has 0 unspecified atom stereocenters. The molecular weight excluding hydrogens is 324 g/mol. The molecule has 0 aliphatic carbocycles. The van der Waals surface area contributed by atoms with Crippen molar-refractivity contribution >= 4 is 23.2 Å². The fourth-order valence-electron chi connectivity index (χ4n) is 3.13. The lowest BCUT2D eigenvalue weighted by Crippen LogP contribution is -2.40. The van der Waals surface area contributed by atoms with Crippen LogP contribution in [0, 0.1) is 12.8 Å². The molecule has 0 aromatic carbocycles. The Labute approximate surface area is 144 Å². The fourth-order valence-corrected chi connectivity index (χ4v) is 3.82. The molecule has 126 valence electrons. The van der Waals surface area contributed by atoms with Gasteiger partial charge in [0.15, 0.2) is 0 Å². The van der Waals surface area contributed by atoms with Crippen LogP contribution < -0.4 is 5.73 Å². The predicted octanol–water partition coefficient (Wildman–Crippen LogP) is 2.04. The fraction of sp³-hybridized carbons (Fsp3) is 0.412. The third-order valence-electron chi connectivity index (χ3n) is 4.18. The van der Waals surface area contributed by atoms with E-state index in [4.69, 9.17) is 5.73 Å². The molecule has 3 heterocycles. The lowest BCUT2D eigenvalue weighted by molar-refractivity contribution is 0.0677. The Morgan fingerprint density at radius 1 is 1.42 bits per heavy atom. The molecule has 1 saturated heterocycles. The normalized spacial score (nSPS) is 17.7. The highest BCUT2D eigenvalue weighted by Crippen LogP contribution is 2.23. The summed E-state index contributed by atoms with van der Waals surface area (Å²) in [5, 5.41) is 1.92. The summed E-state index contributed by atoms with van der Waals surface area (Å²) >= 11 is 1.47. The summed E-state index contributed by atoms with van der Waals surface area (Å²) in [5.74, 6) is 0.438. The second kappa shape index (κ2) is 7.09. The molecule has 2 aromatic heterocycles. The van der Waals surface area contributed by atoms with E-state index in [-0.39, 0.29) is 11.6 Å². The van der Waals surface area contributed by atoms with E-state index in [1.165, 1.54) is 11.3 Å². The summed E-state index contributed by atoms with van der Waals surface area (Å²) in [6.07, 6.45) is 2.75. The van der Waals surface area contributed by atoms with Crippen molar-refractivity contribution in [3.05, 3.63) is 45.7 Å². The molecule has 2 aromatic rings. The number of primary amides is 1. The monoisotopic (exact) mass is 344 g/mol.